The molecule has 1 aliphatic carbocycles. The van der Waals surface area contributed by atoms with Gasteiger partial charge in [-0.15, -0.1) is 0 Å². The first-order valence-electron chi connectivity index (χ1n) is 7.84. The van der Waals surface area contributed by atoms with Crippen LogP contribution in [0.2, 0.25) is 5.02 Å². The van der Waals surface area contributed by atoms with Gasteiger partial charge in [0.15, 0.2) is 0 Å². The van der Waals surface area contributed by atoms with Crippen LogP contribution in [0.15, 0.2) is 24.3 Å². The maximum absolute atomic E-state index is 11.8. The molecule has 0 bridgehead atoms. The molecule has 21 heavy (non-hydrogen) atoms. The Kier molecular flexibility index (Phi) is 6.52. The standard InChI is InChI=1S/C17H24ClNO2/c18-15-8-4-5-13(11-15)9-10-17(21)19-12-16(20)14-6-2-1-3-7-14/h4-5,8,11,14,16,20H,1-3,6-7,9-10,12H2,(H,19,21)/t16-/m1/s1. The van der Waals surface area contributed by atoms with E-state index in [9.17, 15) is 9.90 Å². The third-order valence-corrected chi connectivity index (χ3v) is 4.47. The van der Waals surface area contributed by atoms with Crippen LogP contribution >= 0.6 is 11.6 Å². The molecule has 0 aromatic heterocycles. The highest BCUT2D eigenvalue weighted by Gasteiger charge is 2.21. The summed E-state index contributed by atoms with van der Waals surface area (Å²) in [7, 11) is 0. The van der Waals surface area contributed by atoms with Crippen LogP contribution in [0.3, 0.4) is 0 Å². The third kappa shape index (κ3) is 5.68. The molecular weight excluding hydrogens is 286 g/mol. The van der Waals surface area contributed by atoms with Crippen molar-refractivity contribution in [2.24, 2.45) is 5.92 Å². The zero-order valence-electron chi connectivity index (χ0n) is 12.4. The molecule has 0 radical (unpaired) electrons. The Morgan fingerprint density at radius 1 is 1.33 bits per heavy atom. The van der Waals surface area contributed by atoms with Gasteiger partial charge in [0, 0.05) is 18.0 Å². The summed E-state index contributed by atoms with van der Waals surface area (Å²) in [5, 5.41) is 13.6. The molecule has 1 aromatic rings. The van der Waals surface area contributed by atoms with E-state index < -0.39 is 6.10 Å². The third-order valence-electron chi connectivity index (χ3n) is 4.23. The fourth-order valence-corrected chi connectivity index (χ4v) is 3.16. The summed E-state index contributed by atoms with van der Waals surface area (Å²) in [6.45, 7) is 0.374. The Morgan fingerprint density at radius 3 is 2.81 bits per heavy atom. The summed E-state index contributed by atoms with van der Waals surface area (Å²) >= 11 is 5.92. The largest absolute Gasteiger partial charge is 0.391 e. The smallest absolute Gasteiger partial charge is 0.220 e. The normalized spacial score (nSPS) is 17.4. The van der Waals surface area contributed by atoms with Crippen LogP contribution in [0.1, 0.15) is 44.1 Å². The van der Waals surface area contributed by atoms with E-state index in [1.54, 1.807) is 0 Å². The average molecular weight is 310 g/mol. The van der Waals surface area contributed by atoms with Gasteiger partial charge in [-0.25, -0.2) is 0 Å². The number of hydrogen-bond acceptors (Lipinski definition) is 2. The molecule has 2 rings (SSSR count). The van der Waals surface area contributed by atoms with Gasteiger partial charge >= 0.3 is 0 Å². The summed E-state index contributed by atoms with van der Waals surface area (Å²) in [5.74, 6) is 0.344. The van der Waals surface area contributed by atoms with Gasteiger partial charge in [0.1, 0.15) is 0 Å². The maximum Gasteiger partial charge on any atom is 0.220 e. The van der Waals surface area contributed by atoms with Gasteiger partial charge in [0.2, 0.25) is 5.91 Å². The highest BCUT2D eigenvalue weighted by Crippen LogP contribution is 2.26. The lowest BCUT2D eigenvalue weighted by Gasteiger charge is -2.26. The van der Waals surface area contributed by atoms with Crippen LogP contribution in [0.25, 0.3) is 0 Å². The Morgan fingerprint density at radius 2 is 2.10 bits per heavy atom. The number of hydrogen-bond donors (Lipinski definition) is 2. The number of aliphatic hydroxyl groups is 1. The summed E-state index contributed by atoms with van der Waals surface area (Å²) in [6.07, 6.45) is 6.53. The number of benzene rings is 1. The molecule has 3 nitrogen and oxygen atoms in total. The number of aliphatic hydroxyl groups excluding tert-OH is 1. The fraction of sp³-hybridized carbons (Fsp3) is 0.588. The topological polar surface area (TPSA) is 49.3 Å². The molecular formula is C17H24ClNO2. The predicted molar refractivity (Wildman–Crippen MR) is 85.4 cm³/mol. The second-order valence-electron chi connectivity index (χ2n) is 5.90. The van der Waals surface area contributed by atoms with Crippen molar-refractivity contribution in [3.8, 4) is 0 Å². The molecule has 1 aromatic carbocycles. The zero-order chi connectivity index (χ0) is 15.1. The molecule has 1 saturated carbocycles. The lowest BCUT2D eigenvalue weighted by atomic mass is 9.85. The zero-order valence-corrected chi connectivity index (χ0v) is 13.1. The van der Waals surface area contributed by atoms with Crippen molar-refractivity contribution in [2.45, 2.75) is 51.0 Å². The lowest BCUT2D eigenvalue weighted by molar-refractivity contribution is -0.121. The first kappa shape index (κ1) is 16.3. The molecule has 1 atom stereocenters. The molecule has 0 unspecified atom stereocenters. The Bertz CT molecular complexity index is 458. The number of nitrogens with one attached hydrogen (secondary N) is 1. The quantitative estimate of drug-likeness (QED) is 0.847. The fourth-order valence-electron chi connectivity index (χ4n) is 2.94. The maximum atomic E-state index is 11.8. The SMILES string of the molecule is O=C(CCc1cccc(Cl)c1)NC[C@@H](O)C1CCCCC1. The van der Waals surface area contributed by atoms with Gasteiger partial charge in [-0.05, 0) is 42.9 Å². The van der Waals surface area contributed by atoms with Crippen molar-refractivity contribution in [1.29, 1.82) is 0 Å². The molecule has 1 amide bonds. The molecule has 1 fully saturated rings. The van der Waals surface area contributed by atoms with Gasteiger partial charge in [-0.1, -0.05) is 43.0 Å². The number of carbonyl (C=O) groups excluding carboxylic acids is 1. The van der Waals surface area contributed by atoms with Gasteiger partial charge in [-0.3, -0.25) is 4.79 Å². The number of rotatable bonds is 6. The highest BCUT2D eigenvalue weighted by atomic mass is 35.5. The van der Waals surface area contributed by atoms with Crippen molar-refractivity contribution in [2.75, 3.05) is 6.54 Å². The van der Waals surface area contributed by atoms with E-state index in [0.717, 1.165) is 18.4 Å². The number of carbonyl (C=O) groups is 1. The molecule has 0 saturated heterocycles. The molecule has 116 valence electrons. The number of aryl methyl sites for hydroxylation is 1. The van der Waals surface area contributed by atoms with Crippen LogP contribution in [0.5, 0.6) is 0 Å². The van der Waals surface area contributed by atoms with E-state index in [4.69, 9.17) is 11.6 Å². The van der Waals surface area contributed by atoms with Crippen LogP contribution in [0.4, 0.5) is 0 Å². The monoisotopic (exact) mass is 309 g/mol. The molecule has 4 heteroatoms. The summed E-state index contributed by atoms with van der Waals surface area (Å²) in [6, 6.07) is 7.57. The van der Waals surface area contributed by atoms with Gasteiger partial charge in [0.25, 0.3) is 0 Å². The average Bonchev–Trinajstić information content (AvgIpc) is 2.51. The lowest BCUT2D eigenvalue weighted by Crippen LogP contribution is -2.37. The van der Waals surface area contributed by atoms with E-state index in [2.05, 4.69) is 5.32 Å². The first-order chi connectivity index (χ1) is 10.1. The van der Waals surface area contributed by atoms with E-state index in [0.29, 0.717) is 30.3 Å². The van der Waals surface area contributed by atoms with Crippen LogP contribution in [0, 0.1) is 5.92 Å². The van der Waals surface area contributed by atoms with E-state index in [1.165, 1.54) is 19.3 Å². The van der Waals surface area contributed by atoms with E-state index in [-0.39, 0.29) is 5.91 Å². The molecule has 1 aliphatic rings. The minimum Gasteiger partial charge on any atom is -0.391 e. The second kappa shape index (κ2) is 8.40. The molecule has 0 aliphatic heterocycles. The number of halogens is 1. The molecule has 0 spiro atoms. The van der Waals surface area contributed by atoms with Gasteiger partial charge in [0.05, 0.1) is 6.10 Å². The second-order valence-corrected chi connectivity index (χ2v) is 6.34. The van der Waals surface area contributed by atoms with Gasteiger partial charge < -0.3 is 10.4 Å². The molecule has 0 heterocycles. The van der Waals surface area contributed by atoms with Crippen LogP contribution in [-0.2, 0) is 11.2 Å². The minimum atomic E-state index is -0.402. The Hall–Kier alpha value is -1.06. The summed E-state index contributed by atoms with van der Waals surface area (Å²) in [5.41, 5.74) is 1.06. The van der Waals surface area contributed by atoms with Crippen molar-refractivity contribution >= 4 is 17.5 Å². The van der Waals surface area contributed by atoms with Crippen molar-refractivity contribution in [3.05, 3.63) is 34.9 Å². The van der Waals surface area contributed by atoms with Crippen molar-refractivity contribution < 1.29 is 9.90 Å². The summed E-state index contributed by atoms with van der Waals surface area (Å²) < 4.78 is 0. The predicted octanol–water partition coefficient (Wildman–Crippen LogP) is 3.33. The van der Waals surface area contributed by atoms with Gasteiger partial charge in [-0.2, -0.15) is 0 Å². The number of amides is 1. The Labute approximate surface area is 131 Å². The van der Waals surface area contributed by atoms with E-state index in [1.807, 2.05) is 24.3 Å². The minimum absolute atomic E-state index is 0.00941. The highest BCUT2D eigenvalue weighted by molar-refractivity contribution is 6.30. The van der Waals surface area contributed by atoms with Crippen LogP contribution in [-0.4, -0.2) is 23.7 Å². The van der Waals surface area contributed by atoms with Crippen molar-refractivity contribution in [1.82, 2.24) is 5.32 Å². The Balaban J connectivity index is 1.67. The first-order valence-corrected chi connectivity index (χ1v) is 8.22. The molecule has 2 N–H and O–H groups in total. The summed E-state index contributed by atoms with van der Waals surface area (Å²) in [4.78, 5) is 11.8. The van der Waals surface area contributed by atoms with Crippen molar-refractivity contribution in [3.63, 3.8) is 0 Å². The van der Waals surface area contributed by atoms with E-state index >= 15 is 0 Å². The van der Waals surface area contributed by atoms with Crippen LogP contribution < -0.4 is 5.32 Å².